The monoisotopic (exact) mass is 614 g/mol. The fourth-order valence-electron chi connectivity index (χ4n) is 5.03. The summed E-state index contributed by atoms with van der Waals surface area (Å²) in [6, 6.07) is 26.0. The normalized spacial score (nSPS) is 13.5. The van der Waals surface area contributed by atoms with Crippen molar-refractivity contribution in [1.82, 2.24) is 0 Å². The summed E-state index contributed by atoms with van der Waals surface area (Å²) < 4.78 is 33.3. The number of aliphatic hydroxyl groups is 2. The van der Waals surface area contributed by atoms with Gasteiger partial charge in [0.05, 0.1) is 33.5 Å². The van der Waals surface area contributed by atoms with Crippen LogP contribution in [0.2, 0.25) is 6.04 Å². The van der Waals surface area contributed by atoms with E-state index >= 15 is 0 Å². The number of ether oxygens (including phenoxy) is 4. The molecule has 0 aliphatic heterocycles. The minimum Gasteiger partial charge on any atom is -0.497 e. The Balaban J connectivity index is 1.63. The highest BCUT2D eigenvalue weighted by molar-refractivity contribution is 6.59. The number of benzene rings is 3. The van der Waals surface area contributed by atoms with E-state index in [9.17, 15) is 15.0 Å². The third-order valence-electron chi connectivity index (χ3n) is 7.55. The molecule has 0 amide bonds. The summed E-state index contributed by atoms with van der Waals surface area (Å²) in [6.07, 6.45) is 1.02. The lowest BCUT2D eigenvalue weighted by Gasteiger charge is -2.36. The Morgan fingerprint density at radius 3 is 1.70 bits per heavy atom. The molecule has 0 aromatic heterocycles. The standard InChI is InChI=1S/C33H46O9Si/c1-37-30-18-13-27(14-19-30)33(26-10-6-5-7-11-26,28-15-20-31(38-2)21-16-28)42-24-23-41-32(35)22-17-29(34)12-8-9-25-43(36,39-3)40-4/h5-7,10-11,13-16,18-21,29,32,34-36H,8-9,12,17,22-25H2,1-4H3. The Bertz CT molecular complexity index is 1120. The molecule has 3 aromatic carbocycles. The molecule has 0 aliphatic carbocycles. The van der Waals surface area contributed by atoms with Gasteiger partial charge >= 0.3 is 8.80 Å². The smallest absolute Gasteiger partial charge is 0.497 e. The zero-order chi connectivity index (χ0) is 31.1. The van der Waals surface area contributed by atoms with E-state index in [2.05, 4.69) is 0 Å². The topological polar surface area (TPSA) is 116 Å². The van der Waals surface area contributed by atoms with Gasteiger partial charge in [-0.25, -0.2) is 0 Å². The quantitative estimate of drug-likeness (QED) is 0.0709. The predicted octanol–water partition coefficient (Wildman–Crippen LogP) is 4.88. The van der Waals surface area contributed by atoms with E-state index in [1.165, 1.54) is 14.2 Å². The second kappa shape index (κ2) is 17.5. The lowest BCUT2D eigenvalue weighted by atomic mass is 9.80. The molecule has 3 rings (SSSR count). The van der Waals surface area contributed by atoms with Crippen molar-refractivity contribution >= 4 is 8.80 Å². The molecular formula is C33H46O9Si. The first-order valence-electron chi connectivity index (χ1n) is 14.6. The maximum Gasteiger partial charge on any atom is 0.497 e. The Morgan fingerprint density at radius 1 is 0.651 bits per heavy atom. The van der Waals surface area contributed by atoms with Gasteiger partial charge in [0, 0.05) is 26.7 Å². The molecular weight excluding hydrogens is 568 g/mol. The maximum atomic E-state index is 10.5. The van der Waals surface area contributed by atoms with Crippen molar-refractivity contribution in [1.29, 1.82) is 0 Å². The van der Waals surface area contributed by atoms with Crippen LogP contribution in [0, 0.1) is 0 Å². The first-order chi connectivity index (χ1) is 20.8. The van der Waals surface area contributed by atoms with Crippen molar-refractivity contribution in [3.63, 3.8) is 0 Å². The van der Waals surface area contributed by atoms with Crippen LogP contribution >= 0.6 is 0 Å². The van der Waals surface area contributed by atoms with E-state index in [4.69, 9.17) is 27.8 Å². The highest BCUT2D eigenvalue weighted by atomic mass is 28.4. The van der Waals surface area contributed by atoms with Crippen LogP contribution in [0.25, 0.3) is 0 Å². The van der Waals surface area contributed by atoms with Crippen molar-refractivity contribution in [2.75, 3.05) is 41.7 Å². The fraction of sp³-hybridized carbons (Fsp3) is 0.455. The Morgan fingerprint density at radius 2 is 1.19 bits per heavy atom. The van der Waals surface area contributed by atoms with Crippen molar-refractivity contribution < 1.29 is 42.8 Å². The van der Waals surface area contributed by atoms with Crippen LogP contribution in [0.3, 0.4) is 0 Å². The number of aliphatic hydroxyl groups excluding tert-OH is 2. The molecule has 9 nitrogen and oxygen atoms in total. The van der Waals surface area contributed by atoms with Gasteiger partial charge in [-0.05, 0) is 60.2 Å². The molecule has 0 heterocycles. The van der Waals surface area contributed by atoms with Gasteiger partial charge in [-0.1, -0.05) is 61.0 Å². The first-order valence-corrected chi connectivity index (χ1v) is 16.6. The molecule has 0 fully saturated rings. The van der Waals surface area contributed by atoms with Gasteiger partial charge in [0.2, 0.25) is 0 Å². The molecule has 2 unspecified atom stereocenters. The molecule has 3 aromatic rings. The first kappa shape index (κ1) is 34.7. The number of methoxy groups -OCH3 is 2. The summed E-state index contributed by atoms with van der Waals surface area (Å²) in [7, 11) is 3.07. The average Bonchev–Trinajstić information content (AvgIpc) is 3.06. The SMILES string of the molecule is COc1ccc(C(OCCOC(O)CCC(O)CCCC[Si](O)(OC)OC)(c2ccccc2)c2ccc(OC)cc2)cc1. The predicted molar refractivity (Wildman–Crippen MR) is 166 cm³/mol. The van der Waals surface area contributed by atoms with Gasteiger partial charge in [-0.2, -0.15) is 0 Å². The number of unbranched alkanes of at least 4 members (excludes halogenated alkanes) is 1. The van der Waals surface area contributed by atoms with Crippen molar-refractivity contribution in [2.45, 2.75) is 56.1 Å². The average molecular weight is 615 g/mol. The van der Waals surface area contributed by atoms with E-state index in [1.807, 2.05) is 78.9 Å². The minimum absolute atomic E-state index is 0.148. The zero-order valence-electron chi connectivity index (χ0n) is 25.6. The third-order valence-corrected chi connectivity index (χ3v) is 9.81. The van der Waals surface area contributed by atoms with Crippen molar-refractivity contribution in [3.05, 3.63) is 95.6 Å². The molecule has 10 heteroatoms. The Labute approximate surface area is 256 Å². The van der Waals surface area contributed by atoms with Gasteiger partial charge in [0.15, 0.2) is 6.29 Å². The van der Waals surface area contributed by atoms with Crippen LogP contribution in [0.4, 0.5) is 0 Å². The molecule has 0 bridgehead atoms. The minimum atomic E-state index is -3.08. The Kier molecular flexibility index (Phi) is 14.1. The molecule has 0 radical (unpaired) electrons. The molecule has 0 spiro atoms. The van der Waals surface area contributed by atoms with E-state index in [0.29, 0.717) is 31.7 Å². The van der Waals surface area contributed by atoms with Gasteiger partial charge < -0.3 is 42.8 Å². The molecule has 43 heavy (non-hydrogen) atoms. The molecule has 2 atom stereocenters. The summed E-state index contributed by atoms with van der Waals surface area (Å²) in [5.74, 6) is 1.48. The molecule has 236 valence electrons. The largest absolute Gasteiger partial charge is 0.497 e. The summed E-state index contributed by atoms with van der Waals surface area (Å²) in [5, 5.41) is 20.8. The van der Waals surface area contributed by atoms with Crippen LogP contribution in [-0.4, -0.2) is 77.9 Å². The second-order valence-electron chi connectivity index (χ2n) is 10.3. The van der Waals surface area contributed by atoms with Crippen molar-refractivity contribution in [3.8, 4) is 11.5 Å². The zero-order valence-corrected chi connectivity index (χ0v) is 26.6. The molecule has 0 aliphatic rings. The highest BCUT2D eigenvalue weighted by Crippen LogP contribution is 2.41. The van der Waals surface area contributed by atoms with Crippen LogP contribution in [-0.2, 0) is 23.9 Å². The van der Waals surface area contributed by atoms with Crippen LogP contribution in [0.15, 0.2) is 78.9 Å². The third kappa shape index (κ3) is 9.85. The number of hydrogen-bond donors (Lipinski definition) is 3. The van der Waals surface area contributed by atoms with Crippen molar-refractivity contribution in [2.24, 2.45) is 0 Å². The summed E-state index contributed by atoms with van der Waals surface area (Å²) >= 11 is 0. The fourth-order valence-corrected chi connectivity index (χ4v) is 6.30. The van der Waals surface area contributed by atoms with Crippen LogP contribution in [0.1, 0.15) is 48.8 Å². The van der Waals surface area contributed by atoms with Crippen LogP contribution < -0.4 is 9.47 Å². The van der Waals surface area contributed by atoms with Gasteiger partial charge in [0.1, 0.15) is 17.1 Å². The van der Waals surface area contributed by atoms with Crippen LogP contribution in [0.5, 0.6) is 11.5 Å². The molecule has 0 saturated heterocycles. The van der Waals surface area contributed by atoms with E-state index in [-0.39, 0.29) is 19.6 Å². The maximum absolute atomic E-state index is 10.5. The lowest BCUT2D eigenvalue weighted by Crippen LogP contribution is -2.39. The summed E-state index contributed by atoms with van der Waals surface area (Å²) in [6.45, 7) is 0.341. The Hall–Kier alpha value is -2.80. The van der Waals surface area contributed by atoms with E-state index in [0.717, 1.165) is 28.2 Å². The van der Waals surface area contributed by atoms with Gasteiger partial charge in [-0.3, -0.25) is 0 Å². The van der Waals surface area contributed by atoms with E-state index < -0.39 is 26.8 Å². The summed E-state index contributed by atoms with van der Waals surface area (Å²) in [5.41, 5.74) is 1.78. The van der Waals surface area contributed by atoms with Gasteiger partial charge in [-0.15, -0.1) is 0 Å². The summed E-state index contributed by atoms with van der Waals surface area (Å²) in [4.78, 5) is 10.1. The highest BCUT2D eigenvalue weighted by Gasteiger charge is 2.38. The molecule has 0 saturated carbocycles. The number of rotatable bonds is 20. The van der Waals surface area contributed by atoms with Gasteiger partial charge in [0.25, 0.3) is 0 Å². The number of hydrogen-bond acceptors (Lipinski definition) is 9. The van der Waals surface area contributed by atoms with E-state index in [1.54, 1.807) is 14.2 Å². The lowest BCUT2D eigenvalue weighted by molar-refractivity contribution is -0.129. The molecule has 3 N–H and O–H groups in total. The second-order valence-corrected chi connectivity index (χ2v) is 13.0.